The summed E-state index contributed by atoms with van der Waals surface area (Å²) in [7, 11) is 4.12. The van der Waals surface area contributed by atoms with E-state index >= 15 is 0 Å². The Morgan fingerprint density at radius 2 is 1.65 bits per heavy atom. The molecule has 2 fully saturated rings. The van der Waals surface area contributed by atoms with Crippen LogP contribution in [0, 0.1) is 11.8 Å². The summed E-state index contributed by atoms with van der Waals surface area (Å²) >= 11 is 0. The number of aliphatic imine (C=N–C) groups is 1. The number of nitrogens with one attached hydrogen (secondary N) is 2. The van der Waals surface area contributed by atoms with Crippen molar-refractivity contribution >= 4 is 5.96 Å². The minimum atomic E-state index is 0.598. The molecule has 5 nitrogen and oxygen atoms in total. The summed E-state index contributed by atoms with van der Waals surface area (Å²) in [6, 6.07) is 0.598. The first-order valence-electron chi connectivity index (χ1n) is 11.0. The number of hydrogen-bond donors (Lipinski definition) is 2. The lowest BCUT2D eigenvalue weighted by Crippen LogP contribution is -2.50. The molecule has 2 heterocycles. The van der Waals surface area contributed by atoms with Crippen molar-refractivity contribution in [1.29, 1.82) is 0 Å². The van der Waals surface area contributed by atoms with Crippen LogP contribution in [0.2, 0.25) is 0 Å². The summed E-state index contributed by atoms with van der Waals surface area (Å²) in [5.74, 6) is 2.51. The minimum Gasteiger partial charge on any atom is -0.356 e. The summed E-state index contributed by atoms with van der Waals surface area (Å²) in [4.78, 5) is 9.59. The molecule has 2 aliphatic rings. The molecular formula is C21H43N5. The number of hydrogen-bond acceptors (Lipinski definition) is 3. The lowest BCUT2D eigenvalue weighted by atomic mass is 9.94. The third kappa shape index (κ3) is 7.43. The average Bonchev–Trinajstić information content (AvgIpc) is 2.91. The Balaban J connectivity index is 1.71. The second-order valence-electron chi connectivity index (χ2n) is 8.68. The van der Waals surface area contributed by atoms with Crippen molar-refractivity contribution in [2.45, 2.75) is 64.8 Å². The molecule has 5 heteroatoms. The van der Waals surface area contributed by atoms with Gasteiger partial charge in [-0.25, -0.2) is 0 Å². The number of likely N-dealkylation sites (tertiary alicyclic amines) is 2. The molecule has 0 amide bonds. The standard InChI is InChI=1S/C21H43N5/c1-18(2)20(26-13-7-5-6-8-14-26)17-24-21(22-3)23-12-9-19-10-15-25(4)16-11-19/h18-20H,5-17H2,1-4H3,(H2,22,23,24). The van der Waals surface area contributed by atoms with E-state index < -0.39 is 0 Å². The molecule has 152 valence electrons. The molecule has 0 aliphatic carbocycles. The van der Waals surface area contributed by atoms with E-state index in [1.54, 1.807) is 0 Å². The van der Waals surface area contributed by atoms with Crippen LogP contribution in [0.25, 0.3) is 0 Å². The van der Waals surface area contributed by atoms with Crippen molar-refractivity contribution in [3.63, 3.8) is 0 Å². The maximum absolute atomic E-state index is 4.45. The summed E-state index contributed by atoms with van der Waals surface area (Å²) in [5, 5.41) is 7.15. The van der Waals surface area contributed by atoms with Gasteiger partial charge in [-0.05, 0) is 77.2 Å². The topological polar surface area (TPSA) is 42.9 Å². The molecule has 0 aromatic rings. The van der Waals surface area contributed by atoms with Crippen LogP contribution < -0.4 is 10.6 Å². The van der Waals surface area contributed by atoms with Crippen LogP contribution in [-0.2, 0) is 0 Å². The lowest BCUT2D eigenvalue weighted by Gasteiger charge is -2.34. The molecule has 0 saturated carbocycles. The highest BCUT2D eigenvalue weighted by molar-refractivity contribution is 5.79. The van der Waals surface area contributed by atoms with E-state index in [2.05, 4.69) is 46.3 Å². The van der Waals surface area contributed by atoms with E-state index in [0.717, 1.165) is 25.0 Å². The Bertz CT molecular complexity index is 393. The molecule has 0 bridgehead atoms. The van der Waals surface area contributed by atoms with Crippen LogP contribution >= 0.6 is 0 Å². The van der Waals surface area contributed by atoms with Gasteiger partial charge < -0.3 is 15.5 Å². The first-order chi connectivity index (χ1) is 12.6. The highest BCUT2D eigenvalue weighted by Gasteiger charge is 2.23. The van der Waals surface area contributed by atoms with Crippen LogP contribution in [-0.4, -0.2) is 75.2 Å². The Kier molecular flexibility index (Phi) is 9.76. The molecule has 2 aliphatic heterocycles. The SMILES string of the molecule is CN=C(NCCC1CCN(C)CC1)NCC(C(C)C)N1CCCCCC1. The predicted octanol–water partition coefficient (Wildman–Crippen LogP) is 2.78. The van der Waals surface area contributed by atoms with Crippen LogP contribution in [0.5, 0.6) is 0 Å². The van der Waals surface area contributed by atoms with Gasteiger partial charge in [-0.2, -0.15) is 0 Å². The van der Waals surface area contributed by atoms with Crippen LogP contribution in [0.15, 0.2) is 4.99 Å². The van der Waals surface area contributed by atoms with Crippen molar-refractivity contribution in [3.05, 3.63) is 0 Å². The molecule has 2 saturated heterocycles. The smallest absolute Gasteiger partial charge is 0.191 e. The molecule has 0 aromatic carbocycles. The fraction of sp³-hybridized carbons (Fsp3) is 0.952. The highest BCUT2D eigenvalue weighted by Crippen LogP contribution is 2.19. The van der Waals surface area contributed by atoms with E-state index in [1.807, 2.05) is 7.05 Å². The van der Waals surface area contributed by atoms with Crippen LogP contribution in [0.4, 0.5) is 0 Å². The van der Waals surface area contributed by atoms with Crippen molar-refractivity contribution in [3.8, 4) is 0 Å². The lowest BCUT2D eigenvalue weighted by molar-refractivity contribution is 0.161. The molecule has 26 heavy (non-hydrogen) atoms. The molecule has 0 aromatic heterocycles. The van der Waals surface area contributed by atoms with Gasteiger partial charge in [0.2, 0.25) is 0 Å². The van der Waals surface area contributed by atoms with Crippen molar-refractivity contribution < 1.29 is 0 Å². The van der Waals surface area contributed by atoms with E-state index in [4.69, 9.17) is 0 Å². The fourth-order valence-electron chi connectivity index (χ4n) is 4.38. The first-order valence-corrected chi connectivity index (χ1v) is 11.0. The molecule has 2 rings (SSSR count). The summed E-state index contributed by atoms with van der Waals surface area (Å²) in [6.45, 7) is 11.8. The molecular weight excluding hydrogens is 322 g/mol. The fourth-order valence-corrected chi connectivity index (χ4v) is 4.38. The van der Waals surface area contributed by atoms with E-state index in [9.17, 15) is 0 Å². The minimum absolute atomic E-state index is 0.598. The highest BCUT2D eigenvalue weighted by atomic mass is 15.2. The van der Waals surface area contributed by atoms with Crippen molar-refractivity contribution in [2.24, 2.45) is 16.8 Å². The average molecular weight is 366 g/mol. The molecule has 0 radical (unpaired) electrons. The number of piperidine rings is 1. The summed E-state index contributed by atoms with van der Waals surface area (Å²) < 4.78 is 0. The Labute approximate surface area is 162 Å². The predicted molar refractivity (Wildman–Crippen MR) is 113 cm³/mol. The van der Waals surface area contributed by atoms with Gasteiger partial charge in [0.15, 0.2) is 5.96 Å². The van der Waals surface area contributed by atoms with Gasteiger partial charge in [0, 0.05) is 26.2 Å². The summed E-state index contributed by atoms with van der Waals surface area (Å²) in [6.07, 6.45) is 9.45. The molecule has 0 spiro atoms. The van der Waals surface area contributed by atoms with Crippen LogP contribution in [0.3, 0.4) is 0 Å². The van der Waals surface area contributed by atoms with Gasteiger partial charge in [-0.3, -0.25) is 9.89 Å². The van der Waals surface area contributed by atoms with Crippen molar-refractivity contribution in [2.75, 3.05) is 53.4 Å². The number of nitrogens with zero attached hydrogens (tertiary/aromatic N) is 3. The maximum Gasteiger partial charge on any atom is 0.191 e. The third-order valence-electron chi connectivity index (χ3n) is 6.26. The van der Waals surface area contributed by atoms with E-state index in [1.165, 1.54) is 71.1 Å². The Hall–Kier alpha value is -0.810. The van der Waals surface area contributed by atoms with E-state index in [0.29, 0.717) is 12.0 Å². The van der Waals surface area contributed by atoms with Gasteiger partial charge in [-0.1, -0.05) is 26.7 Å². The van der Waals surface area contributed by atoms with Gasteiger partial charge in [0.1, 0.15) is 0 Å². The number of guanidine groups is 1. The van der Waals surface area contributed by atoms with Gasteiger partial charge in [0.25, 0.3) is 0 Å². The van der Waals surface area contributed by atoms with Gasteiger partial charge >= 0.3 is 0 Å². The zero-order valence-electron chi connectivity index (χ0n) is 17.8. The molecule has 1 unspecified atom stereocenters. The Morgan fingerprint density at radius 1 is 1.00 bits per heavy atom. The van der Waals surface area contributed by atoms with E-state index in [-0.39, 0.29) is 0 Å². The largest absolute Gasteiger partial charge is 0.356 e. The molecule has 1 atom stereocenters. The van der Waals surface area contributed by atoms with Gasteiger partial charge in [-0.15, -0.1) is 0 Å². The zero-order valence-corrected chi connectivity index (χ0v) is 17.8. The van der Waals surface area contributed by atoms with Crippen molar-refractivity contribution in [1.82, 2.24) is 20.4 Å². The second kappa shape index (κ2) is 11.8. The Morgan fingerprint density at radius 3 is 2.23 bits per heavy atom. The quantitative estimate of drug-likeness (QED) is 0.538. The normalized spacial score (nSPS) is 23.0. The third-order valence-corrected chi connectivity index (χ3v) is 6.26. The molecule has 2 N–H and O–H groups in total. The van der Waals surface area contributed by atoms with Crippen LogP contribution in [0.1, 0.15) is 58.8 Å². The second-order valence-corrected chi connectivity index (χ2v) is 8.68. The monoisotopic (exact) mass is 365 g/mol. The summed E-state index contributed by atoms with van der Waals surface area (Å²) in [5.41, 5.74) is 0. The first kappa shape index (κ1) is 21.5. The maximum atomic E-state index is 4.45. The zero-order chi connectivity index (χ0) is 18.8. The number of rotatable bonds is 7. The van der Waals surface area contributed by atoms with Gasteiger partial charge in [0.05, 0.1) is 0 Å².